The lowest BCUT2D eigenvalue weighted by atomic mass is 9.97. The number of rotatable bonds is 5. The number of carbonyl (C=O) groups is 1. The summed E-state index contributed by atoms with van der Waals surface area (Å²) in [6, 6.07) is 0. The lowest BCUT2D eigenvalue weighted by Crippen LogP contribution is -2.44. The monoisotopic (exact) mass is 317 g/mol. The lowest BCUT2D eigenvalue weighted by molar-refractivity contribution is -0.132. The Morgan fingerprint density at radius 3 is 2.24 bits per heavy atom. The Bertz CT molecular complexity index is 285. The maximum absolute atomic E-state index is 12.3. The van der Waals surface area contributed by atoms with Crippen LogP contribution in [0, 0.1) is 5.92 Å². The van der Waals surface area contributed by atoms with Crippen LogP contribution < -0.4 is 5.32 Å². The molecule has 0 unspecified atom stereocenters. The minimum absolute atomic E-state index is 0. The van der Waals surface area contributed by atoms with E-state index >= 15 is 0 Å². The van der Waals surface area contributed by atoms with E-state index < -0.39 is 0 Å². The molecule has 2 saturated heterocycles. The Balaban J connectivity index is 0.00000220. The molecule has 5 heteroatoms. The summed E-state index contributed by atoms with van der Waals surface area (Å²) in [5.41, 5.74) is 0. The van der Waals surface area contributed by atoms with Gasteiger partial charge in [-0.1, -0.05) is 19.8 Å². The van der Waals surface area contributed by atoms with Crippen molar-refractivity contribution in [2.75, 3.05) is 45.8 Å². The van der Waals surface area contributed by atoms with Crippen molar-refractivity contribution < 1.29 is 4.79 Å². The zero-order valence-electron chi connectivity index (χ0n) is 13.5. The maximum atomic E-state index is 12.3. The summed E-state index contributed by atoms with van der Waals surface area (Å²) in [5, 5.41) is 3.44. The molecule has 0 radical (unpaired) electrons. The molecule has 2 aliphatic heterocycles. The Morgan fingerprint density at radius 1 is 1.05 bits per heavy atom. The molecular formula is C16H32ClN3O. The Labute approximate surface area is 136 Å². The average Bonchev–Trinajstić information content (AvgIpc) is 2.75. The van der Waals surface area contributed by atoms with Gasteiger partial charge in [0, 0.05) is 13.1 Å². The zero-order chi connectivity index (χ0) is 14.2. The quantitative estimate of drug-likeness (QED) is 0.844. The van der Waals surface area contributed by atoms with Gasteiger partial charge in [-0.05, 0) is 57.8 Å². The van der Waals surface area contributed by atoms with Gasteiger partial charge in [-0.15, -0.1) is 12.4 Å². The molecule has 1 N–H and O–H groups in total. The number of nitrogens with zero attached hydrogens (tertiary/aromatic N) is 2. The van der Waals surface area contributed by atoms with Crippen LogP contribution in [-0.2, 0) is 4.79 Å². The highest BCUT2D eigenvalue weighted by Gasteiger charge is 2.23. The van der Waals surface area contributed by atoms with Crippen LogP contribution in [0.4, 0.5) is 0 Å². The van der Waals surface area contributed by atoms with Gasteiger partial charge in [0.2, 0.25) is 5.91 Å². The smallest absolute Gasteiger partial charge is 0.236 e. The van der Waals surface area contributed by atoms with E-state index in [0.717, 1.165) is 45.2 Å². The number of hydrogen-bond donors (Lipinski definition) is 1. The van der Waals surface area contributed by atoms with Gasteiger partial charge in [0.05, 0.1) is 6.54 Å². The molecule has 0 aliphatic carbocycles. The second-order valence-corrected chi connectivity index (χ2v) is 6.32. The van der Waals surface area contributed by atoms with Crippen molar-refractivity contribution in [1.82, 2.24) is 15.1 Å². The number of hydrogen-bond acceptors (Lipinski definition) is 3. The molecule has 21 heavy (non-hydrogen) atoms. The first-order valence-corrected chi connectivity index (χ1v) is 8.50. The standard InChI is InChI=1S/C16H31N3O.ClH/c1-2-17-13-15-7-11-18(12-8-15)14-16(20)19-9-5-3-4-6-10-19;/h15,17H,2-14H2,1H3;1H. The van der Waals surface area contributed by atoms with Gasteiger partial charge in [-0.3, -0.25) is 9.69 Å². The van der Waals surface area contributed by atoms with Crippen molar-refractivity contribution in [3.05, 3.63) is 0 Å². The third-order valence-corrected chi connectivity index (χ3v) is 4.71. The van der Waals surface area contributed by atoms with E-state index in [1.165, 1.54) is 38.5 Å². The average molecular weight is 318 g/mol. The SMILES string of the molecule is CCNCC1CCN(CC(=O)N2CCCCCC2)CC1.Cl. The van der Waals surface area contributed by atoms with E-state index in [-0.39, 0.29) is 12.4 Å². The summed E-state index contributed by atoms with van der Waals surface area (Å²) >= 11 is 0. The molecule has 2 heterocycles. The van der Waals surface area contributed by atoms with E-state index in [1.54, 1.807) is 0 Å². The summed E-state index contributed by atoms with van der Waals surface area (Å²) in [6.07, 6.45) is 7.44. The second-order valence-electron chi connectivity index (χ2n) is 6.32. The van der Waals surface area contributed by atoms with Crippen molar-refractivity contribution in [2.24, 2.45) is 5.92 Å². The molecule has 124 valence electrons. The molecule has 2 aliphatic rings. The van der Waals surface area contributed by atoms with Crippen molar-refractivity contribution >= 4 is 18.3 Å². The molecule has 0 bridgehead atoms. The summed E-state index contributed by atoms with van der Waals surface area (Å²) in [6.45, 7) is 9.16. The lowest BCUT2D eigenvalue weighted by Gasteiger charge is -2.33. The van der Waals surface area contributed by atoms with Crippen LogP contribution in [-0.4, -0.2) is 61.5 Å². The number of halogens is 1. The molecule has 0 aromatic heterocycles. The fraction of sp³-hybridized carbons (Fsp3) is 0.938. The fourth-order valence-corrected chi connectivity index (χ4v) is 3.31. The van der Waals surface area contributed by atoms with Crippen molar-refractivity contribution in [3.63, 3.8) is 0 Å². The minimum Gasteiger partial charge on any atom is -0.342 e. The number of likely N-dealkylation sites (tertiary alicyclic amines) is 2. The number of carbonyl (C=O) groups excluding carboxylic acids is 1. The molecule has 1 amide bonds. The molecule has 0 aromatic carbocycles. The van der Waals surface area contributed by atoms with Crippen molar-refractivity contribution in [2.45, 2.75) is 45.4 Å². The highest BCUT2D eigenvalue weighted by atomic mass is 35.5. The van der Waals surface area contributed by atoms with E-state index in [1.807, 2.05) is 0 Å². The topological polar surface area (TPSA) is 35.6 Å². The summed E-state index contributed by atoms with van der Waals surface area (Å²) < 4.78 is 0. The van der Waals surface area contributed by atoms with Crippen molar-refractivity contribution in [3.8, 4) is 0 Å². The van der Waals surface area contributed by atoms with Crippen LogP contribution in [0.1, 0.15) is 45.4 Å². The van der Waals surface area contributed by atoms with E-state index in [4.69, 9.17) is 0 Å². The van der Waals surface area contributed by atoms with E-state index in [2.05, 4.69) is 22.0 Å². The molecule has 2 fully saturated rings. The van der Waals surface area contributed by atoms with Gasteiger partial charge in [0.15, 0.2) is 0 Å². The van der Waals surface area contributed by atoms with Gasteiger partial charge >= 0.3 is 0 Å². The van der Waals surface area contributed by atoms with Crippen LogP contribution in [0.3, 0.4) is 0 Å². The highest BCUT2D eigenvalue weighted by Crippen LogP contribution is 2.17. The summed E-state index contributed by atoms with van der Waals surface area (Å²) in [4.78, 5) is 16.8. The highest BCUT2D eigenvalue weighted by molar-refractivity contribution is 5.85. The molecule has 4 nitrogen and oxygen atoms in total. The summed E-state index contributed by atoms with van der Waals surface area (Å²) in [5.74, 6) is 1.16. The van der Waals surface area contributed by atoms with Crippen LogP contribution in [0.25, 0.3) is 0 Å². The predicted molar refractivity (Wildman–Crippen MR) is 90.0 cm³/mol. The molecule has 2 rings (SSSR count). The molecule has 0 atom stereocenters. The van der Waals surface area contributed by atoms with E-state index in [0.29, 0.717) is 12.5 Å². The van der Waals surface area contributed by atoms with Gasteiger partial charge in [-0.25, -0.2) is 0 Å². The third kappa shape index (κ3) is 6.54. The van der Waals surface area contributed by atoms with Crippen LogP contribution in [0.2, 0.25) is 0 Å². The first-order valence-electron chi connectivity index (χ1n) is 8.50. The fourth-order valence-electron chi connectivity index (χ4n) is 3.31. The Morgan fingerprint density at radius 2 is 1.67 bits per heavy atom. The molecule has 0 spiro atoms. The van der Waals surface area contributed by atoms with Crippen LogP contribution >= 0.6 is 12.4 Å². The van der Waals surface area contributed by atoms with Gasteiger partial charge in [0.1, 0.15) is 0 Å². The van der Waals surface area contributed by atoms with Gasteiger partial charge in [-0.2, -0.15) is 0 Å². The molecular weight excluding hydrogens is 286 g/mol. The molecule has 0 aromatic rings. The predicted octanol–water partition coefficient (Wildman–Crippen LogP) is 2.13. The third-order valence-electron chi connectivity index (χ3n) is 4.71. The summed E-state index contributed by atoms with van der Waals surface area (Å²) in [7, 11) is 0. The minimum atomic E-state index is 0. The number of piperidine rings is 1. The number of amides is 1. The normalized spacial score (nSPS) is 21.7. The van der Waals surface area contributed by atoms with E-state index in [9.17, 15) is 4.79 Å². The van der Waals surface area contributed by atoms with Gasteiger partial charge in [0.25, 0.3) is 0 Å². The molecule has 0 saturated carbocycles. The Kier molecular flexibility index (Phi) is 9.29. The first-order chi connectivity index (χ1) is 9.79. The van der Waals surface area contributed by atoms with Crippen molar-refractivity contribution in [1.29, 1.82) is 0 Å². The maximum Gasteiger partial charge on any atom is 0.236 e. The zero-order valence-corrected chi connectivity index (χ0v) is 14.3. The second kappa shape index (κ2) is 10.4. The largest absolute Gasteiger partial charge is 0.342 e. The Hall–Kier alpha value is -0.320. The first kappa shape index (κ1) is 18.7. The number of nitrogens with one attached hydrogen (secondary N) is 1. The van der Waals surface area contributed by atoms with Gasteiger partial charge < -0.3 is 10.2 Å². The van der Waals surface area contributed by atoms with Crippen LogP contribution in [0.5, 0.6) is 0 Å². The van der Waals surface area contributed by atoms with Crippen LogP contribution in [0.15, 0.2) is 0 Å².